The van der Waals surface area contributed by atoms with Crippen molar-refractivity contribution in [2.75, 3.05) is 44.8 Å². The highest BCUT2D eigenvalue weighted by atomic mass is 127. The smallest absolute Gasteiger partial charge is 0.191 e. The second-order valence-electron chi connectivity index (χ2n) is 7.37. The maximum Gasteiger partial charge on any atom is 0.191 e. The third-order valence-corrected chi connectivity index (χ3v) is 6.07. The van der Waals surface area contributed by atoms with Gasteiger partial charge in [0.25, 0.3) is 0 Å². The van der Waals surface area contributed by atoms with Crippen LogP contribution in [0.4, 0.5) is 5.00 Å². The molecule has 0 atom stereocenters. The number of guanidine groups is 1. The molecular weight excluding hydrogens is 523 g/mol. The average molecular weight is 559 g/mol. The summed E-state index contributed by atoms with van der Waals surface area (Å²) in [6.45, 7) is 7.24. The summed E-state index contributed by atoms with van der Waals surface area (Å²) in [5.74, 6) is 1.79. The molecule has 2 heterocycles. The number of thiophene rings is 1. The minimum atomic E-state index is 0. The molecule has 1 aliphatic heterocycles. The SMILES string of the molecule is CCNC(=NCCCOCc1ccc(OC)cc1)NC1CCN(c2cccs2)CC1.I. The van der Waals surface area contributed by atoms with Gasteiger partial charge in [0.05, 0.1) is 18.7 Å². The first-order valence-electron chi connectivity index (χ1n) is 10.8. The van der Waals surface area contributed by atoms with Crippen LogP contribution < -0.4 is 20.3 Å². The van der Waals surface area contributed by atoms with Crippen molar-refractivity contribution in [1.29, 1.82) is 0 Å². The van der Waals surface area contributed by atoms with Crippen LogP contribution in [0.3, 0.4) is 0 Å². The number of halogens is 1. The number of hydrogen-bond acceptors (Lipinski definition) is 5. The Morgan fingerprint density at radius 3 is 2.61 bits per heavy atom. The lowest BCUT2D eigenvalue weighted by Gasteiger charge is -2.33. The first-order chi connectivity index (χ1) is 14.8. The summed E-state index contributed by atoms with van der Waals surface area (Å²) >= 11 is 1.82. The van der Waals surface area contributed by atoms with Crippen LogP contribution in [0.25, 0.3) is 0 Å². The van der Waals surface area contributed by atoms with Crippen molar-refractivity contribution in [3.8, 4) is 5.75 Å². The average Bonchev–Trinajstić information content (AvgIpc) is 3.32. The van der Waals surface area contributed by atoms with E-state index in [2.05, 4.69) is 40.0 Å². The summed E-state index contributed by atoms with van der Waals surface area (Å²) in [5, 5.41) is 10.5. The van der Waals surface area contributed by atoms with Gasteiger partial charge >= 0.3 is 0 Å². The number of methoxy groups -OCH3 is 1. The number of nitrogens with one attached hydrogen (secondary N) is 2. The lowest BCUT2D eigenvalue weighted by Crippen LogP contribution is -2.48. The fourth-order valence-corrected chi connectivity index (χ4v) is 4.26. The fourth-order valence-electron chi connectivity index (χ4n) is 3.48. The Kier molecular flexibility index (Phi) is 12.1. The van der Waals surface area contributed by atoms with Gasteiger partial charge in [-0.1, -0.05) is 12.1 Å². The van der Waals surface area contributed by atoms with Crippen LogP contribution in [0.5, 0.6) is 5.75 Å². The van der Waals surface area contributed by atoms with Crippen LogP contribution >= 0.6 is 35.3 Å². The molecule has 0 unspecified atom stereocenters. The highest BCUT2D eigenvalue weighted by molar-refractivity contribution is 14.0. The number of nitrogens with zero attached hydrogens (tertiary/aromatic N) is 2. The van der Waals surface area contributed by atoms with E-state index in [9.17, 15) is 0 Å². The van der Waals surface area contributed by atoms with Gasteiger partial charge in [0, 0.05) is 38.8 Å². The van der Waals surface area contributed by atoms with Crippen molar-refractivity contribution in [3.05, 3.63) is 47.3 Å². The van der Waals surface area contributed by atoms with Crippen molar-refractivity contribution in [3.63, 3.8) is 0 Å². The van der Waals surface area contributed by atoms with Crippen LogP contribution in [0.2, 0.25) is 0 Å². The van der Waals surface area contributed by atoms with Crippen molar-refractivity contribution >= 4 is 46.3 Å². The van der Waals surface area contributed by atoms with Gasteiger partial charge in [-0.2, -0.15) is 0 Å². The maximum absolute atomic E-state index is 5.78. The van der Waals surface area contributed by atoms with Crippen LogP contribution in [0.15, 0.2) is 46.8 Å². The number of piperidine rings is 1. The van der Waals surface area contributed by atoms with Crippen molar-refractivity contribution in [1.82, 2.24) is 10.6 Å². The van der Waals surface area contributed by atoms with E-state index in [0.717, 1.165) is 62.7 Å². The first-order valence-corrected chi connectivity index (χ1v) is 11.7. The molecule has 1 aromatic heterocycles. The number of benzene rings is 1. The highest BCUT2D eigenvalue weighted by Crippen LogP contribution is 2.24. The second-order valence-corrected chi connectivity index (χ2v) is 8.30. The quantitative estimate of drug-likeness (QED) is 0.195. The molecule has 0 amide bonds. The van der Waals surface area contributed by atoms with Gasteiger partial charge in [0.2, 0.25) is 0 Å². The van der Waals surface area contributed by atoms with E-state index in [1.54, 1.807) is 7.11 Å². The summed E-state index contributed by atoms with van der Waals surface area (Å²) in [6, 6.07) is 12.8. The monoisotopic (exact) mass is 558 g/mol. The van der Waals surface area contributed by atoms with Crippen LogP contribution in [0.1, 0.15) is 31.7 Å². The molecule has 31 heavy (non-hydrogen) atoms. The van der Waals surface area contributed by atoms with E-state index < -0.39 is 0 Å². The van der Waals surface area contributed by atoms with Gasteiger partial charge in [-0.15, -0.1) is 35.3 Å². The molecule has 0 aliphatic carbocycles. The van der Waals surface area contributed by atoms with Gasteiger partial charge in [-0.25, -0.2) is 0 Å². The molecule has 0 spiro atoms. The zero-order chi connectivity index (χ0) is 21.0. The first kappa shape index (κ1) is 25.7. The Bertz CT molecular complexity index is 747. The van der Waals surface area contributed by atoms with Crippen LogP contribution in [0, 0.1) is 0 Å². The molecule has 172 valence electrons. The Morgan fingerprint density at radius 2 is 1.97 bits per heavy atom. The Hall–Kier alpha value is -1.52. The van der Waals surface area contributed by atoms with E-state index in [1.165, 1.54) is 5.00 Å². The molecule has 1 saturated heterocycles. The van der Waals surface area contributed by atoms with Crippen molar-refractivity contribution in [2.24, 2.45) is 4.99 Å². The van der Waals surface area contributed by atoms with E-state index in [1.807, 2.05) is 35.6 Å². The van der Waals surface area contributed by atoms with E-state index >= 15 is 0 Å². The summed E-state index contributed by atoms with van der Waals surface area (Å²) in [6.07, 6.45) is 3.17. The zero-order valence-corrected chi connectivity index (χ0v) is 21.7. The summed E-state index contributed by atoms with van der Waals surface area (Å²) < 4.78 is 11.0. The largest absolute Gasteiger partial charge is 0.497 e. The molecule has 1 aromatic carbocycles. The molecule has 1 aliphatic rings. The zero-order valence-electron chi connectivity index (χ0n) is 18.5. The van der Waals surface area contributed by atoms with Gasteiger partial charge < -0.3 is 25.0 Å². The standard InChI is InChI=1S/C23H34N4O2S.HI/c1-3-24-23(26-20-11-14-27(15-12-20)22-6-4-17-30-22)25-13-5-16-29-18-19-7-9-21(28-2)10-8-19;/h4,6-10,17,20H,3,5,11-16,18H2,1-2H3,(H2,24,25,26);1H. The van der Waals surface area contributed by atoms with Crippen molar-refractivity contribution in [2.45, 2.75) is 38.8 Å². The number of ether oxygens (including phenoxy) is 2. The number of hydrogen-bond donors (Lipinski definition) is 2. The Morgan fingerprint density at radius 1 is 1.19 bits per heavy atom. The molecule has 6 nitrogen and oxygen atoms in total. The topological polar surface area (TPSA) is 58.1 Å². The van der Waals surface area contributed by atoms with E-state index in [4.69, 9.17) is 14.5 Å². The third kappa shape index (κ3) is 8.86. The molecule has 2 aromatic rings. The molecule has 0 saturated carbocycles. The van der Waals surface area contributed by atoms with E-state index in [0.29, 0.717) is 19.3 Å². The summed E-state index contributed by atoms with van der Waals surface area (Å²) in [4.78, 5) is 7.21. The molecule has 2 N–H and O–H groups in total. The molecule has 0 bridgehead atoms. The minimum Gasteiger partial charge on any atom is -0.497 e. The molecule has 8 heteroatoms. The second kappa shape index (κ2) is 14.5. The predicted molar refractivity (Wildman–Crippen MR) is 141 cm³/mol. The summed E-state index contributed by atoms with van der Waals surface area (Å²) in [7, 11) is 1.68. The predicted octanol–water partition coefficient (Wildman–Crippen LogP) is 4.51. The van der Waals surface area contributed by atoms with E-state index in [-0.39, 0.29) is 24.0 Å². The maximum atomic E-state index is 5.78. The van der Waals surface area contributed by atoms with Gasteiger partial charge in [-0.3, -0.25) is 4.99 Å². The number of aliphatic imine (C=N–C) groups is 1. The van der Waals surface area contributed by atoms with Crippen molar-refractivity contribution < 1.29 is 9.47 Å². The molecule has 1 fully saturated rings. The fraction of sp³-hybridized carbons (Fsp3) is 0.522. The van der Waals surface area contributed by atoms with Gasteiger partial charge in [0.15, 0.2) is 5.96 Å². The van der Waals surface area contributed by atoms with Crippen LogP contribution in [-0.2, 0) is 11.3 Å². The Labute approximate surface area is 207 Å². The number of anilines is 1. The van der Waals surface area contributed by atoms with Gasteiger partial charge in [0.1, 0.15) is 5.75 Å². The normalized spacial score (nSPS) is 14.8. The number of rotatable bonds is 10. The van der Waals surface area contributed by atoms with Gasteiger partial charge in [-0.05, 0) is 61.4 Å². The minimum absolute atomic E-state index is 0. The Balaban J connectivity index is 0.00000341. The lowest BCUT2D eigenvalue weighted by molar-refractivity contribution is 0.120. The molecule has 3 rings (SSSR count). The summed E-state index contributed by atoms with van der Waals surface area (Å²) in [5.41, 5.74) is 1.16. The lowest BCUT2D eigenvalue weighted by atomic mass is 10.1. The third-order valence-electron chi connectivity index (χ3n) is 5.14. The highest BCUT2D eigenvalue weighted by Gasteiger charge is 2.20. The van der Waals surface area contributed by atoms with Crippen LogP contribution in [-0.4, -0.2) is 51.9 Å². The molecule has 0 radical (unpaired) electrons. The molecular formula is C23H35IN4O2S.